The predicted molar refractivity (Wildman–Crippen MR) is 92.5 cm³/mol. The number of likely N-dealkylation sites (N-methyl/N-ethyl adjacent to an activating group) is 1. The summed E-state index contributed by atoms with van der Waals surface area (Å²) < 4.78 is 10.8. The van der Waals surface area contributed by atoms with Crippen molar-refractivity contribution in [2.24, 2.45) is 5.92 Å². The highest BCUT2D eigenvalue weighted by atomic mass is 16.5. The Morgan fingerprint density at radius 2 is 1.71 bits per heavy atom. The molecule has 0 radical (unpaired) electrons. The summed E-state index contributed by atoms with van der Waals surface area (Å²) in [6.07, 6.45) is 1.69. The van der Waals surface area contributed by atoms with E-state index in [1.54, 1.807) is 6.26 Å². The number of hydrogen-bond donors (Lipinski definition) is 0. The molecule has 1 saturated heterocycles. The number of nitrogens with zero attached hydrogens (tertiary/aromatic N) is 1. The van der Waals surface area contributed by atoms with E-state index >= 15 is 0 Å². The van der Waals surface area contributed by atoms with Crippen molar-refractivity contribution in [2.75, 3.05) is 20.7 Å². The van der Waals surface area contributed by atoms with E-state index in [-0.39, 0.29) is 17.9 Å². The lowest BCUT2D eigenvalue weighted by atomic mass is 9.91. The van der Waals surface area contributed by atoms with Crippen molar-refractivity contribution >= 4 is 5.97 Å². The highest BCUT2D eigenvalue weighted by molar-refractivity contribution is 5.78. The molecule has 4 nitrogen and oxygen atoms in total. The van der Waals surface area contributed by atoms with Crippen LogP contribution in [0.4, 0.5) is 0 Å². The number of methoxy groups -OCH3 is 1. The molecule has 1 aliphatic rings. The number of benzene rings is 2. The molecule has 0 aliphatic carbocycles. The zero-order valence-electron chi connectivity index (χ0n) is 13.9. The lowest BCUT2D eigenvalue weighted by Gasteiger charge is -2.23. The molecule has 1 fully saturated rings. The Bertz CT molecular complexity index is 712. The van der Waals surface area contributed by atoms with Gasteiger partial charge in [-0.25, -0.2) is 0 Å². The zero-order chi connectivity index (χ0) is 16.9. The van der Waals surface area contributed by atoms with E-state index in [1.165, 1.54) is 7.11 Å². The van der Waals surface area contributed by atoms with Gasteiger partial charge in [-0.15, -0.1) is 0 Å². The largest absolute Gasteiger partial charge is 0.469 e. The molecule has 1 heterocycles. The quantitative estimate of drug-likeness (QED) is 0.638. The van der Waals surface area contributed by atoms with Crippen LogP contribution < -0.4 is 4.74 Å². The number of carbonyl (C=O) groups excluding carboxylic acids is 1. The van der Waals surface area contributed by atoms with Gasteiger partial charge in [0.1, 0.15) is 11.7 Å². The molecule has 0 amide bonds. The van der Waals surface area contributed by atoms with Gasteiger partial charge in [0.15, 0.2) is 0 Å². The molecule has 4 heteroatoms. The van der Waals surface area contributed by atoms with E-state index in [2.05, 4.69) is 4.90 Å². The molecule has 0 bridgehead atoms. The third-order valence-corrected chi connectivity index (χ3v) is 4.31. The fraction of sp³-hybridized carbons (Fsp3) is 0.250. The SMILES string of the molecule is COC(=O)[C@@H]1/C(=C/Oc2ccccc2)CN(C)[C@H]1c1ccccc1. The molecular formula is C20H21NO3. The van der Waals surface area contributed by atoms with Crippen LogP contribution in [-0.4, -0.2) is 31.6 Å². The van der Waals surface area contributed by atoms with Crippen LogP contribution in [0, 0.1) is 5.92 Å². The Hall–Kier alpha value is -2.59. The van der Waals surface area contributed by atoms with Crippen molar-refractivity contribution in [1.82, 2.24) is 4.90 Å². The van der Waals surface area contributed by atoms with Gasteiger partial charge in [0.2, 0.25) is 0 Å². The van der Waals surface area contributed by atoms with Crippen LogP contribution in [0.2, 0.25) is 0 Å². The van der Waals surface area contributed by atoms with Gasteiger partial charge in [0.05, 0.1) is 19.4 Å². The Kier molecular flexibility index (Phi) is 4.96. The summed E-state index contributed by atoms with van der Waals surface area (Å²) >= 11 is 0. The van der Waals surface area contributed by atoms with E-state index in [0.29, 0.717) is 6.54 Å². The number of hydrogen-bond acceptors (Lipinski definition) is 4. The molecule has 2 aromatic carbocycles. The van der Waals surface area contributed by atoms with Crippen molar-refractivity contribution < 1.29 is 14.3 Å². The third kappa shape index (κ3) is 3.34. The zero-order valence-corrected chi connectivity index (χ0v) is 13.9. The van der Waals surface area contributed by atoms with Crippen LogP contribution >= 0.6 is 0 Å². The highest BCUT2D eigenvalue weighted by Crippen LogP contribution is 2.40. The van der Waals surface area contributed by atoms with Gasteiger partial charge in [-0.3, -0.25) is 9.69 Å². The minimum Gasteiger partial charge on any atom is -0.469 e. The maximum atomic E-state index is 12.4. The van der Waals surface area contributed by atoms with Gasteiger partial charge < -0.3 is 9.47 Å². The van der Waals surface area contributed by atoms with Crippen LogP contribution in [0.15, 0.2) is 72.5 Å². The second kappa shape index (κ2) is 7.32. The van der Waals surface area contributed by atoms with E-state index in [1.807, 2.05) is 67.7 Å². The fourth-order valence-electron chi connectivity index (χ4n) is 3.20. The van der Waals surface area contributed by atoms with Gasteiger partial charge in [0.25, 0.3) is 0 Å². The summed E-state index contributed by atoms with van der Waals surface area (Å²) in [6, 6.07) is 19.5. The Morgan fingerprint density at radius 3 is 2.33 bits per heavy atom. The molecule has 2 aromatic rings. The molecule has 0 unspecified atom stereocenters. The standard InChI is InChI=1S/C20H21NO3/c1-21-13-16(14-24-17-11-7-4-8-12-17)18(20(22)23-2)19(21)15-9-5-3-6-10-15/h3-12,14,18-19H,13H2,1-2H3/b16-14+/t18-,19+/m1/s1. The monoisotopic (exact) mass is 323 g/mol. The molecule has 0 spiro atoms. The average molecular weight is 323 g/mol. The maximum Gasteiger partial charge on any atom is 0.314 e. The first-order chi connectivity index (χ1) is 11.7. The molecule has 0 saturated carbocycles. The second-order valence-corrected chi connectivity index (χ2v) is 5.90. The molecular weight excluding hydrogens is 302 g/mol. The number of ether oxygens (including phenoxy) is 2. The molecule has 2 atom stereocenters. The van der Waals surface area contributed by atoms with Crippen molar-refractivity contribution in [3.63, 3.8) is 0 Å². The highest BCUT2D eigenvalue weighted by Gasteiger charge is 2.42. The number of likely N-dealkylation sites (tertiary alicyclic amines) is 1. The summed E-state index contributed by atoms with van der Waals surface area (Å²) in [7, 11) is 3.44. The first kappa shape index (κ1) is 16.3. The predicted octanol–water partition coefficient (Wildman–Crippen LogP) is 3.43. The van der Waals surface area contributed by atoms with Crippen molar-refractivity contribution in [2.45, 2.75) is 6.04 Å². The van der Waals surface area contributed by atoms with E-state index in [0.717, 1.165) is 16.9 Å². The van der Waals surface area contributed by atoms with Crippen LogP contribution in [0.1, 0.15) is 11.6 Å². The normalized spacial score (nSPS) is 22.5. The summed E-state index contributed by atoms with van der Waals surface area (Å²) in [5.74, 6) is 0.140. The number of esters is 1. The van der Waals surface area contributed by atoms with Crippen LogP contribution in [0.3, 0.4) is 0 Å². The lowest BCUT2D eigenvalue weighted by Crippen LogP contribution is -2.26. The van der Waals surface area contributed by atoms with Gasteiger partial charge in [0, 0.05) is 6.54 Å². The van der Waals surface area contributed by atoms with Gasteiger partial charge in [-0.2, -0.15) is 0 Å². The minimum atomic E-state index is -0.369. The van der Waals surface area contributed by atoms with E-state index in [9.17, 15) is 4.79 Å². The summed E-state index contributed by atoms with van der Waals surface area (Å²) in [6.45, 7) is 0.659. The van der Waals surface area contributed by atoms with E-state index < -0.39 is 0 Å². The fourth-order valence-corrected chi connectivity index (χ4v) is 3.20. The van der Waals surface area contributed by atoms with Crippen molar-refractivity contribution in [3.05, 3.63) is 78.1 Å². The molecule has 0 N–H and O–H groups in total. The van der Waals surface area contributed by atoms with Gasteiger partial charge >= 0.3 is 5.97 Å². The minimum absolute atomic E-state index is 0.0516. The van der Waals surface area contributed by atoms with Crippen LogP contribution in [0.25, 0.3) is 0 Å². The van der Waals surface area contributed by atoms with Crippen LogP contribution in [-0.2, 0) is 9.53 Å². The Balaban J connectivity index is 1.90. The molecule has 0 aromatic heterocycles. The molecule has 1 aliphatic heterocycles. The summed E-state index contributed by atoms with van der Waals surface area (Å²) in [5, 5.41) is 0. The molecule has 124 valence electrons. The Labute approximate surface area is 142 Å². The number of para-hydroxylation sites is 1. The van der Waals surface area contributed by atoms with E-state index in [4.69, 9.17) is 9.47 Å². The lowest BCUT2D eigenvalue weighted by molar-refractivity contribution is -0.145. The van der Waals surface area contributed by atoms with Crippen molar-refractivity contribution in [1.29, 1.82) is 0 Å². The summed E-state index contributed by atoms with van der Waals surface area (Å²) in [4.78, 5) is 14.6. The van der Waals surface area contributed by atoms with Crippen molar-refractivity contribution in [3.8, 4) is 5.75 Å². The average Bonchev–Trinajstić information content (AvgIpc) is 2.97. The first-order valence-corrected chi connectivity index (χ1v) is 7.94. The van der Waals surface area contributed by atoms with Crippen LogP contribution in [0.5, 0.6) is 5.75 Å². The number of rotatable bonds is 4. The van der Waals surface area contributed by atoms with Gasteiger partial charge in [-0.1, -0.05) is 48.5 Å². The van der Waals surface area contributed by atoms with Gasteiger partial charge in [-0.05, 0) is 30.3 Å². The maximum absolute atomic E-state index is 12.4. The summed E-state index contributed by atoms with van der Waals surface area (Å²) in [5.41, 5.74) is 2.01. The smallest absolute Gasteiger partial charge is 0.314 e. The topological polar surface area (TPSA) is 38.8 Å². The molecule has 3 rings (SSSR count). The number of carbonyl (C=O) groups is 1. The third-order valence-electron chi connectivity index (χ3n) is 4.31. The first-order valence-electron chi connectivity index (χ1n) is 7.94. The Morgan fingerprint density at radius 1 is 1.08 bits per heavy atom. The second-order valence-electron chi connectivity index (χ2n) is 5.90. The molecule has 24 heavy (non-hydrogen) atoms.